The maximum Gasteiger partial charge on any atom is 0.416 e. The highest BCUT2D eigenvalue weighted by molar-refractivity contribution is 5.92. The van der Waals surface area contributed by atoms with Gasteiger partial charge in [0.2, 0.25) is 5.91 Å². The molecule has 1 saturated heterocycles. The highest BCUT2D eigenvalue weighted by Crippen LogP contribution is 2.38. The van der Waals surface area contributed by atoms with Crippen LogP contribution in [-0.4, -0.2) is 46.7 Å². The van der Waals surface area contributed by atoms with Gasteiger partial charge in [-0.1, -0.05) is 12.1 Å². The summed E-state index contributed by atoms with van der Waals surface area (Å²) in [6.45, 7) is 1.39. The van der Waals surface area contributed by atoms with Crippen molar-refractivity contribution in [2.75, 3.05) is 20.1 Å². The molecule has 0 spiro atoms. The van der Waals surface area contributed by atoms with Crippen molar-refractivity contribution in [2.24, 2.45) is 5.92 Å². The monoisotopic (exact) mass is 581 g/mol. The van der Waals surface area contributed by atoms with E-state index in [1.54, 1.807) is 25.1 Å². The summed E-state index contributed by atoms with van der Waals surface area (Å²) in [5, 5.41) is 0. The van der Waals surface area contributed by atoms with E-state index in [2.05, 4.69) is 4.98 Å². The van der Waals surface area contributed by atoms with Crippen LogP contribution in [0.2, 0.25) is 0 Å². The number of benzene rings is 2. The Hall–Kier alpha value is -3.96. The number of hydrogen-bond donors (Lipinski definition) is 0. The third-order valence-electron chi connectivity index (χ3n) is 7.18. The third kappa shape index (κ3) is 6.86. The molecule has 41 heavy (non-hydrogen) atoms. The van der Waals surface area contributed by atoms with Crippen LogP contribution >= 0.6 is 0 Å². The molecular weight excluding hydrogens is 555 g/mol. The highest BCUT2D eigenvalue weighted by atomic mass is 19.4. The minimum absolute atomic E-state index is 0.0347. The predicted octanol–water partition coefficient (Wildman–Crippen LogP) is 6.47. The van der Waals surface area contributed by atoms with Gasteiger partial charge in [0.1, 0.15) is 11.5 Å². The quantitative estimate of drug-likeness (QED) is 0.325. The van der Waals surface area contributed by atoms with Crippen LogP contribution in [0.15, 0.2) is 60.8 Å². The summed E-state index contributed by atoms with van der Waals surface area (Å²) in [4.78, 5) is 33.5. The number of alkyl halides is 6. The van der Waals surface area contributed by atoms with Gasteiger partial charge in [0.15, 0.2) is 0 Å². The van der Waals surface area contributed by atoms with Gasteiger partial charge in [-0.15, -0.1) is 0 Å². The lowest BCUT2D eigenvalue weighted by atomic mass is 9.78. The second-order valence-electron chi connectivity index (χ2n) is 10.1. The highest BCUT2D eigenvalue weighted by Gasteiger charge is 2.40. The molecular formula is C29H26F7N3O2. The van der Waals surface area contributed by atoms with Gasteiger partial charge >= 0.3 is 12.4 Å². The summed E-state index contributed by atoms with van der Waals surface area (Å²) in [5.74, 6) is -2.76. The van der Waals surface area contributed by atoms with Crippen LogP contribution in [0.4, 0.5) is 30.7 Å². The number of pyridine rings is 1. The number of rotatable bonds is 5. The van der Waals surface area contributed by atoms with Crippen LogP contribution in [-0.2, 0) is 23.7 Å². The number of aryl methyl sites for hydroxylation is 1. The van der Waals surface area contributed by atoms with Gasteiger partial charge < -0.3 is 9.80 Å². The van der Waals surface area contributed by atoms with Crippen LogP contribution in [0, 0.1) is 18.7 Å². The van der Waals surface area contributed by atoms with Crippen molar-refractivity contribution < 1.29 is 40.3 Å². The molecule has 1 aromatic heterocycles. The van der Waals surface area contributed by atoms with E-state index in [1.807, 2.05) is 0 Å². The Morgan fingerprint density at radius 1 is 0.976 bits per heavy atom. The third-order valence-corrected chi connectivity index (χ3v) is 7.18. The number of hydrogen-bond acceptors (Lipinski definition) is 3. The smallest absolute Gasteiger partial charge is 0.341 e. The molecule has 2 atom stereocenters. The Morgan fingerprint density at radius 2 is 1.63 bits per heavy atom. The number of carbonyl (C=O) groups excluding carboxylic acids is 2. The van der Waals surface area contributed by atoms with E-state index in [4.69, 9.17) is 0 Å². The van der Waals surface area contributed by atoms with Crippen LogP contribution in [0.5, 0.6) is 0 Å². The molecule has 218 valence electrons. The Kier molecular flexibility index (Phi) is 8.41. The maximum absolute atomic E-state index is 13.9. The molecule has 1 aliphatic heterocycles. The SMILES string of the molecule is Cc1cc(F)ccc1[C@@H]1CN(C(=O)c2ccccn2)CC[C@H]1C(=O)N(C)Cc1cc(C(F)(F)F)cc(C(F)(F)F)c1. The van der Waals surface area contributed by atoms with Gasteiger partial charge in [0, 0.05) is 44.7 Å². The van der Waals surface area contributed by atoms with Gasteiger partial charge in [-0.05, 0) is 72.5 Å². The van der Waals surface area contributed by atoms with E-state index in [0.717, 1.165) is 4.90 Å². The lowest BCUT2D eigenvalue weighted by molar-refractivity contribution is -0.143. The first-order valence-corrected chi connectivity index (χ1v) is 12.6. The van der Waals surface area contributed by atoms with E-state index in [1.165, 1.54) is 36.3 Å². The summed E-state index contributed by atoms with van der Waals surface area (Å²) < 4.78 is 93.9. The standard InChI is InChI=1S/C29H26F7N3O2/c1-17-11-21(30)6-7-22(17)24-16-39(27(41)25-5-3-4-9-37-25)10-8-23(24)26(40)38(2)15-18-12-19(28(31,32)33)14-20(13-18)29(34,35)36/h3-7,9,11-14,23-24H,8,10,15-16H2,1-2H3/t23-,24+/m1/s1. The second kappa shape index (κ2) is 11.5. The number of nitrogens with zero attached hydrogens (tertiary/aromatic N) is 3. The molecule has 12 heteroatoms. The zero-order valence-electron chi connectivity index (χ0n) is 22.1. The molecule has 0 saturated carbocycles. The predicted molar refractivity (Wildman–Crippen MR) is 135 cm³/mol. The molecule has 1 aliphatic rings. The first kappa shape index (κ1) is 30.0. The summed E-state index contributed by atoms with van der Waals surface area (Å²) in [5.41, 5.74) is -1.92. The maximum atomic E-state index is 13.9. The molecule has 0 bridgehead atoms. The number of aromatic nitrogens is 1. The lowest BCUT2D eigenvalue weighted by Gasteiger charge is -2.40. The fraction of sp³-hybridized carbons (Fsp3) is 0.345. The minimum atomic E-state index is -5.02. The topological polar surface area (TPSA) is 53.5 Å². The lowest BCUT2D eigenvalue weighted by Crippen LogP contribution is -2.48. The van der Waals surface area contributed by atoms with Crippen LogP contribution in [0.25, 0.3) is 0 Å². The zero-order chi connectivity index (χ0) is 30.1. The van der Waals surface area contributed by atoms with Crippen molar-refractivity contribution in [1.29, 1.82) is 0 Å². The second-order valence-corrected chi connectivity index (χ2v) is 10.1. The summed E-state index contributed by atoms with van der Waals surface area (Å²) in [6.07, 6.45) is -8.40. The van der Waals surface area contributed by atoms with Crippen molar-refractivity contribution in [1.82, 2.24) is 14.8 Å². The number of carbonyl (C=O) groups is 2. The zero-order valence-corrected chi connectivity index (χ0v) is 22.1. The molecule has 0 aliphatic carbocycles. The fourth-order valence-corrected chi connectivity index (χ4v) is 5.20. The largest absolute Gasteiger partial charge is 0.416 e. The van der Waals surface area contributed by atoms with E-state index < -0.39 is 53.6 Å². The van der Waals surface area contributed by atoms with Gasteiger partial charge in [-0.2, -0.15) is 26.3 Å². The normalized spacial score (nSPS) is 17.8. The van der Waals surface area contributed by atoms with Crippen LogP contribution in [0.3, 0.4) is 0 Å². The number of likely N-dealkylation sites (tertiary alicyclic amines) is 1. The van der Waals surface area contributed by atoms with Crippen molar-refractivity contribution in [2.45, 2.75) is 38.2 Å². The van der Waals surface area contributed by atoms with Gasteiger partial charge in [-0.3, -0.25) is 14.6 Å². The molecule has 0 N–H and O–H groups in total. The van der Waals surface area contributed by atoms with Crippen molar-refractivity contribution in [3.63, 3.8) is 0 Å². The minimum Gasteiger partial charge on any atom is -0.341 e. The Morgan fingerprint density at radius 3 is 2.20 bits per heavy atom. The molecule has 2 heterocycles. The molecule has 5 nitrogen and oxygen atoms in total. The Bertz CT molecular complexity index is 1390. The molecule has 2 amide bonds. The molecule has 4 rings (SSSR count). The molecule has 1 fully saturated rings. The number of amides is 2. The van der Waals surface area contributed by atoms with E-state index in [0.29, 0.717) is 23.3 Å². The molecule has 0 unspecified atom stereocenters. The summed E-state index contributed by atoms with van der Waals surface area (Å²) >= 11 is 0. The van der Waals surface area contributed by atoms with E-state index in [-0.39, 0.29) is 42.7 Å². The molecule has 2 aromatic carbocycles. The van der Waals surface area contributed by atoms with Crippen molar-refractivity contribution in [3.05, 3.63) is 100 Å². The average Bonchev–Trinajstić information content (AvgIpc) is 2.91. The first-order valence-electron chi connectivity index (χ1n) is 12.6. The number of halogens is 7. The Balaban J connectivity index is 1.63. The van der Waals surface area contributed by atoms with E-state index >= 15 is 0 Å². The fourth-order valence-electron chi connectivity index (χ4n) is 5.20. The first-order chi connectivity index (χ1) is 19.1. The average molecular weight is 582 g/mol. The molecule has 3 aromatic rings. The molecule has 0 radical (unpaired) electrons. The Labute approximate surface area is 231 Å². The van der Waals surface area contributed by atoms with E-state index in [9.17, 15) is 40.3 Å². The van der Waals surface area contributed by atoms with Crippen molar-refractivity contribution >= 4 is 11.8 Å². The summed E-state index contributed by atoms with van der Waals surface area (Å²) in [7, 11) is 1.30. The van der Waals surface area contributed by atoms with Gasteiger partial charge in [0.25, 0.3) is 5.91 Å². The van der Waals surface area contributed by atoms with Gasteiger partial charge in [-0.25, -0.2) is 4.39 Å². The van der Waals surface area contributed by atoms with Crippen molar-refractivity contribution in [3.8, 4) is 0 Å². The van der Waals surface area contributed by atoms with Crippen LogP contribution in [0.1, 0.15) is 50.6 Å². The number of piperidine rings is 1. The van der Waals surface area contributed by atoms with Gasteiger partial charge in [0.05, 0.1) is 11.1 Å². The summed E-state index contributed by atoms with van der Waals surface area (Å²) in [6, 6.07) is 10.1. The van der Waals surface area contributed by atoms with Crippen LogP contribution < -0.4 is 0 Å².